The van der Waals surface area contributed by atoms with Crippen LogP contribution in [-0.4, -0.2) is 42.3 Å². The van der Waals surface area contributed by atoms with Gasteiger partial charge in [-0.3, -0.25) is 4.68 Å². The number of aryl methyl sites for hydroxylation is 2. The molecule has 126 valence electrons. The number of aromatic nitrogens is 2. The number of hydrogen-bond acceptors (Lipinski definition) is 4. The van der Waals surface area contributed by atoms with Crippen molar-refractivity contribution in [2.45, 2.75) is 64.3 Å². The lowest BCUT2D eigenvalue weighted by molar-refractivity contribution is 0.334. The van der Waals surface area contributed by atoms with Crippen molar-refractivity contribution in [2.24, 2.45) is 5.92 Å². The maximum absolute atomic E-state index is 11.9. The highest BCUT2D eigenvalue weighted by molar-refractivity contribution is 7.91. The summed E-state index contributed by atoms with van der Waals surface area (Å²) in [7, 11) is -2.97. The van der Waals surface area contributed by atoms with E-state index in [4.69, 9.17) is 0 Å². The average Bonchev–Trinajstić information content (AvgIpc) is 2.74. The van der Waals surface area contributed by atoms with E-state index in [1.165, 1.54) is 11.9 Å². The summed E-state index contributed by atoms with van der Waals surface area (Å²) in [5, 5.41) is 7.78. The highest BCUT2D eigenvalue weighted by Crippen LogP contribution is 2.24. The molecule has 1 aromatic rings. The third kappa shape index (κ3) is 4.56. The van der Waals surface area contributed by atoms with Gasteiger partial charge in [0.2, 0.25) is 0 Å². The molecule has 1 fully saturated rings. The molecule has 0 radical (unpaired) electrons. The zero-order valence-corrected chi connectivity index (χ0v) is 15.0. The van der Waals surface area contributed by atoms with E-state index in [1.807, 2.05) is 11.6 Å². The summed E-state index contributed by atoms with van der Waals surface area (Å²) in [5.41, 5.74) is 2.22. The molecular formula is C16H29N3O2S. The van der Waals surface area contributed by atoms with Crippen molar-refractivity contribution in [1.29, 1.82) is 0 Å². The molecule has 0 amide bonds. The molecule has 2 rings (SSSR count). The van der Waals surface area contributed by atoms with E-state index in [0.717, 1.165) is 44.5 Å². The van der Waals surface area contributed by atoms with E-state index >= 15 is 0 Å². The second kappa shape index (κ2) is 7.13. The zero-order chi connectivity index (χ0) is 16.3. The topological polar surface area (TPSA) is 64.0 Å². The minimum Gasteiger partial charge on any atom is -0.312 e. The Bertz CT molecular complexity index is 595. The molecule has 1 saturated carbocycles. The van der Waals surface area contributed by atoms with Gasteiger partial charge < -0.3 is 5.32 Å². The van der Waals surface area contributed by atoms with Gasteiger partial charge in [0.15, 0.2) is 9.84 Å². The normalized spacial score (nSPS) is 24.4. The largest absolute Gasteiger partial charge is 0.312 e. The lowest BCUT2D eigenvalue weighted by Gasteiger charge is -2.32. The fourth-order valence-electron chi connectivity index (χ4n) is 3.41. The van der Waals surface area contributed by atoms with E-state index in [1.54, 1.807) is 0 Å². The van der Waals surface area contributed by atoms with Gasteiger partial charge in [0, 0.05) is 24.5 Å². The van der Waals surface area contributed by atoms with Crippen molar-refractivity contribution in [3.63, 3.8) is 0 Å². The Hall–Kier alpha value is -0.880. The fourth-order valence-corrected chi connectivity index (χ4v) is 4.84. The molecule has 0 spiro atoms. The van der Waals surface area contributed by atoms with Crippen molar-refractivity contribution in [1.82, 2.24) is 15.1 Å². The van der Waals surface area contributed by atoms with E-state index in [9.17, 15) is 8.42 Å². The van der Waals surface area contributed by atoms with Crippen molar-refractivity contribution < 1.29 is 8.42 Å². The van der Waals surface area contributed by atoms with Gasteiger partial charge in [-0.2, -0.15) is 5.10 Å². The first kappa shape index (κ1) is 17.5. The van der Waals surface area contributed by atoms with Crippen LogP contribution < -0.4 is 5.32 Å². The Morgan fingerprint density at radius 2 is 2.05 bits per heavy atom. The number of hydrogen-bond donors (Lipinski definition) is 1. The van der Waals surface area contributed by atoms with Crippen LogP contribution in [0.5, 0.6) is 0 Å². The summed E-state index contributed by atoms with van der Waals surface area (Å²) in [6, 6.07) is 2.19. The minimum absolute atomic E-state index is 0.103. The van der Waals surface area contributed by atoms with Crippen molar-refractivity contribution >= 4 is 9.84 Å². The minimum atomic E-state index is -2.97. The molecule has 0 unspecified atom stereocenters. The van der Waals surface area contributed by atoms with Crippen molar-refractivity contribution in [3.8, 4) is 0 Å². The number of nitrogens with one attached hydrogen (secondary N) is 1. The molecular weight excluding hydrogens is 298 g/mol. The lowest BCUT2D eigenvalue weighted by Crippen LogP contribution is -2.47. The fraction of sp³-hybridized carbons (Fsp3) is 0.812. The third-order valence-electron chi connectivity index (χ3n) is 4.57. The van der Waals surface area contributed by atoms with Gasteiger partial charge >= 0.3 is 0 Å². The van der Waals surface area contributed by atoms with Gasteiger partial charge in [0.1, 0.15) is 0 Å². The molecule has 0 aromatic carbocycles. The first-order valence-electron chi connectivity index (χ1n) is 8.20. The zero-order valence-electron chi connectivity index (χ0n) is 14.2. The van der Waals surface area contributed by atoms with Crippen LogP contribution >= 0.6 is 0 Å². The summed E-state index contributed by atoms with van der Waals surface area (Å²) in [5.74, 6) is 0.417. The Morgan fingerprint density at radius 3 is 2.64 bits per heavy atom. The molecule has 1 aromatic heterocycles. The summed E-state index contributed by atoms with van der Waals surface area (Å²) in [6.07, 6.45) is 5.27. The molecule has 0 saturated heterocycles. The predicted molar refractivity (Wildman–Crippen MR) is 89.8 cm³/mol. The van der Waals surface area contributed by atoms with E-state index in [2.05, 4.69) is 30.3 Å². The van der Waals surface area contributed by atoms with Crippen molar-refractivity contribution in [3.05, 3.63) is 17.5 Å². The first-order chi connectivity index (χ1) is 10.3. The molecule has 6 heteroatoms. The molecule has 22 heavy (non-hydrogen) atoms. The van der Waals surface area contributed by atoms with Crippen LogP contribution in [0.1, 0.15) is 44.0 Å². The lowest BCUT2D eigenvalue weighted by atomic mass is 9.94. The quantitative estimate of drug-likeness (QED) is 0.869. The smallest absolute Gasteiger partial charge is 0.151 e. The van der Waals surface area contributed by atoms with Crippen LogP contribution in [0.2, 0.25) is 0 Å². The van der Waals surface area contributed by atoms with Crippen LogP contribution in [0.3, 0.4) is 0 Å². The SMILES string of the molecule is Cc1cc(C)n(C[C@H](C)CN[C@@H]2CCCC[C@H]2S(C)(=O)=O)n1. The standard InChI is InChI=1S/C16H29N3O2S/c1-12(11-19-14(3)9-13(2)18-19)10-17-15-7-5-6-8-16(15)22(4,20)21/h9,12,15-17H,5-8,10-11H2,1-4H3/t12-,15-,16-/m1/s1. The van der Waals surface area contributed by atoms with Crippen LogP contribution in [0.4, 0.5) is 0 Å². The molecule has 1 N–H and O–H groups in total. The summed E-state index contributed by atoms with van der Waals surface area (Å²) >= 11 is 0. The predicted octanol–water partition coefficient (Wildman–Crippen LogP) is 2.08. The molecule has 1 aliphatic rings. The van der Waals surface area contributed by atoms with Crippen LogP contribution in [0.15, 0.2) is 6.07 Å². The Morgan fingerprint density at radius 1 is 1.36 bits per heavy atom. The first-order valence-corrected chi connectivity index (χ1v) is 10.2. The molecule has 0 aliphatic heterocycles. The third-order valence-corrected chi connectivity index (χ3v) is 6.23. The molecule has 3 atom stereocenters. The highest BCUT2D eigenvalue weighted by atomic mass is 32.2. The van der Waals surface area contributed by atoms with Gasteiger partial charge in [-0.1, -0.05) is 19.8 Å². The molecule has 5 nitrogen and oxygen atoms in total. The number of nitrogens with zero attached hydrogens (tertiary/aromatic N) is 2. The van der Waals surface area contributed by atoms with Gasteiger partial charge in [-0.15, -0.1) is 0 Å². The Kier molecular flexibility index (Phi) is 5.66. The van der Waals surface area contributed by atoms with Crippen LogP contribution in [0.25, 0.3) is 0 Å². The van der Waals surface area contributed by atoms with E-state index < -0.39 is 9.84 Å². The average molecular weight is 327 g/mol. The molecule has 0 bridgehead atoms. The monoisotopic (exact) mass is 327 g/mol. The maximum Gasteiger partial charge on any atom is 0.151 e. The molecule has 1 heterocycles. The van der Waals surface area contributed by atoms with Gasteiger partial charge in [-0.05, 0) is 45.2 Å². The summed E-state index contributed by atoms with van der Waals surface area (Å²) in [6.45, 7) is 7.95. The highest BCUT2D eigenvalue weighted by Gasteiger charge is 2.32. The van der Waals surface area contributed by atoms with Gasteiger partial charge in [-0.25, -0.2) is 8.42 Å². The van der Waals surface area contributed by atoms with Crippen molar-refractivity contribution in [2.75, 3.05) is 12.8 Å². The number of rotatable bonds is 6. The number of sulfone groups is 1. The van der Waals surface area contributed by atoms with Crippen LogP contribution in [-0.2, 0) is 16.4 Å². The van der Waals surface area contributed by atoms with Gasteiger partial charge in [0.05, 0.1) is 10.9 Å². The second-order valence-corrected chi connectivity index (χ2v) is 9.15. The summed E-state index contributed by atoms with van der Waals surface area (Å²) < 4.78 is 25.9. The second-order valence-electron chi connectivity index (χ2n) is 6.88. The van der Waals surface area contributed by atoms with E-state index in [0.29, 0.717) is 5.92 Å². The molecule has 1 aliphatic carbocycles. The summed E-state index contributed by atoms with van der Waals surface area (Å²) in [4.78, 5) is 0. The Balaban J connectivity index is 1.89. The Labute approximate surface area is 134 Å². The van der Waals surface area contributed by atoms with E-state index in [-0.39, 0.29) is 11.3 Å². The van der Waals surface area contributed by atoms with Gasteiger partial charge in [0.25, 0.3) is 0 Å². The maximum atomic E-state index is 11.9. The van der Waals surface area contributed by atoms with Crippen LogP contribution in [0, 0.1) is 19.8 Å².